The lowest BCUT2D eigenvalue weighted by molar-refractivity contribution is 0.312. The molecule has 0 bridgehead atoms. The zero-order valence-electron chi connectivity index (χ0n) is 12.3. The molecular weight excluding hydrogens is 288 g/mol. The van der Waals surface area contributed by atoms with Crippen LogP contribution in [0.1, 0.15) is 25.3 Å². The highest BCUT2D eigenvalue weighted by atomic mass is 32.2. The molecule has 21 heavy (non-hydrogen) atoms. The Hall–Kier alpha value is -1.58. The van der Waals surface area contributed by atoms with E-state index >= 15 is 0 Å². The zero-order chi connectivity index (χ0) is 15.6. The Labute approximate surface area is 126 Å². The van der Waals surface area contributed by atoms with Gasteiger partial charge in [0.1, 0.15) is 5.75 Å². The van der Waals surface area contributed by atoms with E-state index in [1.807, 2.05) is 24.3 Å². The number of nitrogens with one attached hydrogen (secondary N) is 1. The Kier molecular flexibility index (Phi) is 7.80. The predicted octanol–water partition coefficient (Wildman–Crippen LogP) is 1.89. The summed E-state index contributed by atoms with van der Waals surface area (Å²) in [5.74, 6) is 1.11. The number of rotatable bonds is 10. The standard InChI is InChI=1S/C15H22N2O3S/c1-2-21(18,19)11-9-17-13-14-6-5-7-15(12-14)20-10-4-3-8-16/h5-7,12,17H,2-4,9-11,13H2,1H3. The average molecular weight is 310 g/mol. The lowest BCUT2D eigenvalue weighted by atomic mass is 10.2. The fourth-order valence-electron chi connectivity index (χ4n) is 1.69. The Bertz CT molecular complexity index is 565. The number of nitriles is 1. The van der Waals surface area contributed by atoms with Crippen LogP contribution >= 0.6 is 0 Å². The Morgan fingerprint density at radius 3 is 2.90 bits per heavy atom. The van der Waals surface area contributed by atoms with Crippen LogP contribution in [-0.4, -0.2) is 33.1 Å². The molecule has 116 valence electrons. The van der Waals surface area contributed by atoms with Crippen molar-refractivity contribution >= 4 is 9.84 Å². The van der Waals surface area contributed by atoms with E-state index in [2.05, 4.69) is 11.4 Å². The van der Waals surface area contributed by atoms with E-state index in [0.29, 0.717) is 32.5 Å². The second kappa shape index (κ2) is 9.37. The largest absolute Gasteiger partial charge is 0.494 e. The summed E-state index contributed by atoms with van der Waals surface area (Å²) in [5.41, 5.74) is 1.04. The van der Waals surface area contributed by atoms with Gasteiger partial charge in [0, 0.05) is 25.3 Å². The van der Waals surface area contributed by atoms with Crippen LogP contribution in [0.2, 0.25) is 0 Å². The lowest BCUT2D eigenvalue weighted by Gasteiger charge is -2.08. The summed E-state index contributed by atoms with van der Waals surface area (Å²) >= 11 is 0. The summed E-state index contributed by atoms with van der Waals surface area (Å²) in [7, 11) is -2.91. The maximum absolute atomic E-state index is 11.4. The van der Waals surface area contributed by atoms with Gasteiger partial charge in [0.25, 0.3) is 0 Å². The SMILES string of the molecule is CCS(=O)(=O)CCNCc1cccc(OCCCC#N)c1. The minimum atomic E-state index is -2.91. The van der Waals surface area contributed by atoms with Crippen molar-refractivity contribution in [2.75, 3.05) is 24.7 Å². The van der Waals surface area contributed by atoms with E-state index < -0.39 is 9.84 Å². The van der Waals surface area contributed by atoms with Crippen molar-refractivity contribution in [3.63, 3.8) is 0 Å². The average Bonchev–Trinajstić information content (AvgIpc) is 2.49. The van der Waals surface area contributed by atoms with Gasteiger partial charge in [-0.3, -0.25) is 0 Å². The molecular formula is C15H22N2O3S. The van der Waals surface area contributed by atoms with Crippen LogP contribution in [0.15, 0.2) is 24.3 Å². The first-order chi connectivity index (χ1) is 10.1. The smallest absolute Gasteiger partial charge is 0.151 e. The summed E-state index contributed by atoms with van der Waals surface area (Å²) in [5, 5.41) is 11.6. The molecule has 0 saturated carbocycles. The number of unbranched alkanes of at least 4 members (excludes halogenated alkanes) is 1. The molecule has 0 amide bonds. The van der Waals surface area contributed by atoms with Crippen LogP contribution in [-0.2, 0) is 16.4 Å². The van der Waals surface area contributed by atoms with E-state index in [1.54, 1.807) is 6.92 Å². The number of hydrogen-bond acceptors (Lipinski definition) is 5. The van der Waals surface area contributed by atoms with E-state index in [0.717, 1.165) is 11.3 Å². The minimum Gasteiger partial charge on any atom is -0.494 e. The van der Waals surface area contributed by atoms with Crippen molar-refractivity contribution in [2.45, 2.75) is 26.3 Å². The van der Waals surface area contributed by atoms with Gasteiger partial charge in [0.05, 0.1) is 18.4 Å². The van der Waals surface area contributed by atoms with Crippen LogP contribution in [0.4, 0.5) is 0 Å². The minimum absolute atomic E-state index is 0.161. The highest BCUT2D eigenvalue weighted by molar-refractivity contribution is 7.91. The molecule has 1 N–H and O–H groups in total. The monoisotopic (exact) mass is 310 g/mol. The molecule has 0 unspecified atom stereocenters. The van der Waals surface area contributed by atoms with Crippen molar-refractivity contribution < 1.29 is 13.2 Å². The molecule has 0 aliphatic carbocycles. The van der Waals surface area contributed by atoms with Crippen LogP contribution in [0.5, 0.6) is 5.75 Å². The predicted molar refractivity (Wildman–Crippen MR) is 82.8 cm³/mol. The molecule has 0 heterocycles. The second-order valence-electron chi connectivity index (χ2n) is 4.67. The van der Waals surface area contributed by atoms with Crippen molar-refractivity contribution in [3.05, 3.63) is 29.8 Å². The quantitative estimate of drug-likeness (QED) is 0.668. The summed E-state index contributed by atoms with van der Waals surface area (Å²) in [4.78, 5) is 0. The number of sulfone groups is 1. The van der Waals surface area contributed by atoms with Gasteiger partial charge in [-0.05, 0) is 24.1 Å². The molecule has 1 rings (SSSR count). The third-order valence-corrected chi connectivity index (χ3v) is 4.66. The topological polar surface area (TPSA) is 79.2 Å². The normalized spacial score (nSPS) is 11.0. The third-order valence-electron chi connectivity index (χ3n) is 2.96. The highest BCUT2D eigenvalue weighted by Gasteiger charge is 2.06. The maximum Gasteiger partial charge on any atom is 0.151 e. The first-order valence-corrected chi connectivity index (χ1v) is 8.89. The van der Waals surface area contributed by atoms with Gasteiger partial charge in [-0.15, -0.1) is 0 Å². The van der Waals surface area contributed by atoms with Gasteiger partial charge in [0.15, 0.2) is 9.84 Å². The molecule has 0 aliphatic heterocycles. The summed E-state index contributed by atoms with van der Waals surface area (Å²) in [6, 6.07) is 9.74. The molecule has 0 atom stereocenters. The first-order valence-electron chi connectivity index (χ1n) is 7.07. The number of ether oxygens (including phenoxy) is 1. The molecule has 1 aromatic carbocycles. The van der Waals surface area contributed by atoms with Gasteiger partial charge in [-0.25, -0.2) is 8.42 Å². The summed E-state index contributed by atoms with van der Waals surface area (Å²) in [6.45, 7) is 3.24. The number of hydrogen-bond donors (Lipinski definition) is 1. The number of benzene rings is 1. The zero-order valence-corrected chi connectivity index (χ0v) is 13.2. The molecule has 5 nitrogen and oxygen atoms in total. The van der Waals surface area contributed by atoms with Crippen LogP contribution in [0.25, 0.3) is 0 Å². The van der Waals surface area contributed by atoms with E-state index in [1.165, 1.54) is 0 Å². The van der Waals surface area contributed by atoms with Gasteiger partial charge in [-0.1, -0.05) is 19.1 Å². The maximum atomic E-state index is 11.4. The summed E-state index contributed by atoms with van der Waals surface area (Å²) < 4.78 is 28.3. The van der Waals surface area contributed by atoms with Crippen LogP contribution in [0.3, 0.4) is 0 Å². The van der Waals surface area contributed by atoms with Crippen molar-refractivity contribution in [3.8, 4) is 11.8 Å². The Morgan fingerprint density at radius 2 is 2.19 bits per heavy atom. The molecule has 0 radical (unpaired) electrons. The van der Waals surface area contributed by atoms with Crippen molar-refractivity contribution in [1.82, 2.24) is 5.32 Å². The summed E-state index contributed by atoms with van der Waals surface area (Å²) in [6.07, 6.45) is 1.21. The van der Waals surface area contributed by atoms with Gasteiger partial charge in [-0.2, -0.15) is 5.26 Å². The third kappa shape index (κ3) is 7.69. The fraction of sp³-hybridized carbons (Fsp3) is 0.533. The van der Waals surface area contributed by atoms with Crippen LogP contribution in [0, 0.1) is 11.3 Å². The van der Waals surface area contributed by atoms with Crippen molar-refractivity contribution in [1.29, 1.82) is 5.26 Å². The molecule has 0 aliphatic rings. The Morgan fingerprint density at radius 1 is 1.38 bits per heavy atom. The van der Waals surface area contributed by atoms with Gasteiger partial charge in [0.2, 0.25) is 0 Å². The number of nitrogens with zero attached hydrogens (tertiary/aromatic N) is 1. The molecule has 0 spiro atoms. The lowest BCUT2D eigenvalue weighted by Crippen LogP contribution is -2.23. The molecule has 1 aromatic rings. The van der Waals surface area contributed by atoms with E-state index in [9.17, 15) is 8.42 Å². The van der Waals surface area contributed by atoms with E-state index in [4.69, 9.17) is 10.00 Å². The second-order valence-corrected chi connectivity index (χ2v) is 7.14. The van der Waals surface area contributed by atoms with Gasteiger partial charge >= 0.3 is 0 Å². The van der Waals surface area contributed by atoms with Crippen LogP contribution < -0.4 is 10.1 Å². The van der Waals surface area contributed by atoms with Gasteiger partial charge < -0.3 is 10.1 Å². The molecule has 6 heteroatoms. The Balaban J connectivity index is 2.34. The van der Waals surface area contributed by atoms with Crippen molar-refractivity contribution in [2.24, 2.45) is 0 Å². The van der Waals surface area contributed by atoms with E-state index in [-0.39, 0.29) is 11.5 Å². The fourth-order valence-corrected chi connectivity index (χ4v) is 2.44. The first kappa shape index (κ1) is 17.5. The molecule has 0 saturated heterocycles. The molecule has 0 fully saturated rings. The molecule has 0 aromatic heterocycles. The highest BCUT2D eigenvalue weighted by Crippen LogP contribution is 2.13.